The number of hydrogen-bond acceptors (Lipinski definition) is 2. The molecule has 1 fully saturated rings. The first-order valence-electron chi connectivity index (χ1n) is 5.58. The van der Waals surface area contributed by atoms with Crippen LogP contribution in [-0.4, -0.2) is 15.3 Å². The number of aromatic nitrogens is 2. The molecule has 1 saturated carbocycles. The molecule has 17 heavy (non-hydrogen) atoms. The molecule has 1 aliphatic carbocycles. The summed E-state index contributed by atoms with van der Waals surface area (Å²) in [5.41, 5.74) is 1.31. The first kappa shape index (κ1) is 10.5. The van der Waals surface area contributed by atoms with E-state index in [0.29, 0.717) is 22.3 Å². The summed E-state index contributed by atoms with van der Waals surface area (Å²) in [7, 11) is 0. The lowest BCUT2D eigenvalue weighted by atomic mass is 10.1. The maximum absolute atomic E-state index is 12.3. The number of hydrogen-bond donors (Lipinski definition) is 0. The Morgan fingerprint density at radius 2 is 2.00 bits per heavy atom. The van der Waals surface area contributed by atoms with Gasteiger partial charge >= 0.3 is 0 Å². The number of carbonyl (C=O) groups is 1. The molecule has 3 nitrogen and oxygen atoms in total. The second kappa shape index (κ2) is 4.00. The molecule has 0 bridgehead atoms. The van der Waals surface area contributed by atoms with Gasteiger partial charge in [0, 0.05) is 16.6 Å². The van der Waals surface area contributed by atoms with E-state index in [0.717, 1.165) is 12.8 Å². The number of rotatable bonds is 3. The molecule has 4 heteroatoms. The van der Waals surface area contributed by atoms with E-state index in [9.17, 15) is 4.79 Å². The van der Waals surface area contributed by atoms with Crippen LogP contribution in [0.2, 0.25) is 5.02 Å². The van der Waals surface area contributed by atoms with Crippen molar-refractivity contribution in [3.05, 3.63) is 53.1 Å². The van der Waals surface area contributed by atoms with Gasteiger partial charge in [0.1, 0.15) is 5.69 Å². The predicted molar refractivity (Wildman–Crippen MR) is 65.4 cm³/mol. The van der Waals surface area contributed by atoms with Crippen molar-refractivity contribution in [2.45, 2.75) is 18.9 Å². The summed E-state index contributed by atoms with van der Waals surface area (Å²) < 4.78 is 1.97. The minimum absolute atomic E-state index is 0.00562. The predicted octanol–water partition coefficient (Wildman–Crippen LogP) is 3.10. The van der Waals surface area contributed by atoms with Crippen LogP contribution in [0.4, 0.5) is 0 Å². The quantitative estimate of drug-likeness (QED) is 0.780. The topological polar surface area (TPSA) is 34.9 Å². The maximum atomic E-state index is 12.3. The first-order valence-corrected chi connectivity index (χ1v) is 5.95. The summed E-state index contributed by atoms with van der Waals surface area (Å²) in [6.07, 6.45) is 5.64. The first-order chi connectivity index (χ1) is 8.25. The van der Waals surface area contributed by atoms with Crippen LogP contribution in [0, 0.1) is 0 Å². The van der Waals surface area contributed by atoms with Crippen molar-refractivity contribution in [1.29, 1.82) is 0 Å². The molecule has 3 rings (SSSR count). The van der Waals surface area contributed by atoms with E-state index in [4.69, 9.17) is 11.6 Å². The van der Waals surface area contributed by atoms with Gasteiger partial charge < -0.3 is 4.57 Å². The van der Waals surface area contributed by atoms with Gasteiger partial charge in [-0.1, -0.05) is 11.6 Å². The Morgan fingerprint density at radius 3 is 2.65 bits per heavy atom. The van der Waals surface area contributed by atoms with E-state index in [1.807, 2.05) is 4.57 Å². The molecular formula is C13H11ClN2O. The van der Waals surface area contributed by atoms with Gasteiger partial charge in [0.05, 0.1) is 12.5 Å². The summed E-state index contributed by atoms with van der Waals surface area (Å²) in [6.45, 7) is 0. The van der Waals surface area contributed by atoms with Gasteiger partial charge in [0.25, 0.3) is 0 Å². The van der Waals surface area contributed by atoms with Gasteiger partial charge in [0.15, 0.2) is 0 Å². The van der Waals surface area contributed by atoms with Crippen LogP contribution in [0.1, 0.15) is 34.9 Å². The zero-order valence-electron chi connectivity index (χ0n) is 9.14. The van der Waals surface area contributed by atoms with Crippen molar-refractivity contribution in [2.24, 2.45) is 0 Å². The van der Waals surface area contributed by atoms with Gasteiger partial charge in [0.2, 0.25) is 5.78 Å². The molecule has 0 N–H and O–H groups in total. The van der Waals surface area contributed by atoms with E-state index < -0.39 is 0 Å². The summed E-state index contributed by atoms with van der Waals surface area (Å²) >= 11 is 5.80. The highest BCUT2D eigenvalue weighted by Gasteiger charge is 2.27. The summed E-state index contributed by atoms with van der Waals surface area (Å²) in [6, 6.07) is 7.41. The van der Waals surface area contributed by atoms with Gasteiger partial charge in [-0.15, -0.1) is 0 Å². The molecule has 0 amide bonds. The third-order valence-corrected chi connectivity index (χ3v) is 3.20. The summed E-state index contributed by atoms with van der Waals surface area (Å²) in [5.74, 6) is 0.00562. The Morgan fingerprint density at radius 1 is 1.29 bits per heavy atom. The van der Waals surface area contributed by atoms with E-state index in [-0.39, 0.29) is 5.78 Å². The lowest BCUT2D eigenvalue weighted by molar-refractivity contribution is 0.103. The number of carbonyl (C=O) groups excluding carboxylic acids is 1. The summed E-state index contributed by atoms with van der Waals surface area (Å²) in [4.78, 5) is 16.3. The third kappa shape index (κ3) is 1.98. The van der Waals surface area contributed by atoms with Crippen molar-refractivity contribution in [3.63, 3.8) is 0 Å². The molecular weight excluding hydrogens is 236 g/mol. The Hall–Kier alpha value is -1.61. The number of benzene rings is 1. The second-order valence-corrected chi connectivity index (χ2v) is 4.69. The third-order valence-electron chi connectivity index (χ3n) is 2.95. The van der Waals surface area contributed by atoms with Crippen LogP contribution in [0.3, 0.4) is 0 Å². The number of nitrogens with zero attached hydrogens (tertiary/aromatic N) is 2. The minimum Gasteiger partial charge on any atom is -0.325 e. The molecule has 0 aliphatic heterocycles. The largest absolute Gasteiger partial charge is 0.325 e. The van der Waals surface area contributed by atoms with Gasteiger partial charge in [-0.2, -0.15) is 0 Å². The minimum atomic E-state index is 0.00562. The highest BCUT2D eigenvalue weighted by Crippen LogP contribution is 2.36. The maximum Gasteiger partial charge on any atom is 0.211 e. The zero-order valence-corrected chi connectivity index (χ0v) is 9.89. The fourth-order valence-corrected chi connectivity index (χ4v) is 2.00. The van der Waals surface area contributed by atoms with Gasteiger partial charge in [-0.05, 0) is 37.1 Å². The van der Waals surface area contributed by atoms with Crippen molar-refractivity contribution < 1.29 is 4.79 Å². The summed E-state index contributed by atoms with van der Waals surface area (Å²) in [5, 5.41) is 0.636. The molecule has 0 radical (unpaired) electrons. The highest BCUT2D eigenvalue weighted by atomic mass is 35.5. The Labute approximate surface area is 104 Å². The molecule has 0 atom stereocenters. The molecule has 1 heterocycles. The lowest BCUT2D eigenvalue weighted by Crippen LogP contribution is -2.08. The highest BCUT2D eigenvalue weighted by molar-refractivity contribution is 6.30. The molecule has 0 spiro atoms. The van der Waals surface area contributed by atoms with Crippen LogP contribution in [0.25, 0.3) is 0 Å². The van der Waals surface area contributed by atoms with Crippen LogP contribution in [0.15, 0.2) is 36.8 Å². The van der Waals surface area contributed by atoms with Crippen molar-refractivity contribution in [3.8, 4) is 0 Å². The monoisotopic (exact) mass is 246 g/mol. The fourth-order valence-electron chi connectivity index (χ4n) is 1.87. The van der Waals surface area contributed by atoms with Gasteiger partial charge in [-0.25, -0.2) is 4.98 Å². The van der Waals surface area contributed by atoms with Crippen molar-refractivity contribution in [1.82, 2.24) is 9.55 Å². The molecule has 1 aromatic carbocycles. The fraction of sp³-hybridized carbons (Fsp3) is 0.231. The standard InChI is InChI=1S/C13H11ClN2O/c14-10-3-1-9(2-4-10)13(17)12-7-15-8-16(12)11-5-6-11/h1-4,7-8,11H,5-6H2. The van der Waals surface area contributed by atoms with Crippen LogP contribution in [0.5, 0.6) is 0 Å². The average molecular weight is 247 g/mol. The Balaban J connectivity index is 1.95. The number of halogens is 1. The van der Waals surface area contributed by atoms with Crippen LogP contribution >= 0.6 is 11.6 Å². The molecule has 2 aromatic rings. The zero-order chi connectivity index (χ0) is 11.8. The lowest BCUT2D eigenvalue weighted by Gasteiger charge is -2.05. The molecule has 0 unspecified atom stereocenters. The van der Waals surface area contributed by atoms with Crippen LogP contribution in [-0.2, 0) is 0 Å². The SMILES string of the molecule is O=C(c1ccc(Cl)cc1)c1cncn1C1CC1. The average Bonchev–Trinajstić information content (AvgIpc) is 3.07. The van der Waals surface area contributed by atoms with E-state index in [2.05, 4.69) is 4.98 Å². The van der Waals surface area contributed by atoms with Crippen molar-refractivity contribution in [2.75, 3.05) is 0 Å². The normalized spacial score (nSPS) is 14.9. The molecule has 86 valence electrons. The molecule has 0 saturated heterocycles. The van der Waals surface area contributed by atoms with E-state index in [1.165, 1.54) is 0 Å². The molecule has 1 aromatic heterocycles. The van der Waals surface area contributed by atoms with E-state index in [1.54, 1.807) is 36.8 Å². The van der Waals surface area contributed by atoms with Gasteiger partial charge in [-0.3, -0.25) is 4.79 Å². The van der Waals surface area contributed by atoms with Crippen LogP contribution < -0.4 is 0 Å². The second-order valence-electron chi connectivity index (χ2n) is 4.25. The van der Waals surface area contributed by atoms with Crippen molar-refractivity contribution >= 4 is 17.4 Å². The number of ketones is 1. The Kier molecular flexibility index (Phi) is 2.48. The Bertz CT molecular complexity index is 555. The smallest absolute Gasteiger partial charge is 0.211 e. The number of imidazole rings is 1. The van der Waals surface area contributed by atoms with E-state index >= 15 is 0 Å². The molecule has 1 aliphatic rings.